The number of amides is 1. The number of ether oxygens (including phenoxy) is 1. The van der Waals surface area contributed by atoms with Gasteiger partial charge in [0.25, 0.3) is 0 Å². The number of nitrogens with one attached hydrogen (secondary N) is 2. The van der Waals surface area contributed by atoms with E-state index in [1.54, 1.807) is 0 Å². The molecule has 1 aliphatic rings. The van der Waals surface area contributed by atoms with Gasteiger partial charge in [-0.25, -0.2) is 0 Å². The highest BCUT2D eigenvalue weighted by Gasteiger charge is 2.22. The Labute approximate surface area is 139 Å². The topological polar surface area (TPSA) is 50.4 Å². The first-order chi connectivity index (χ1) is 10.0. The van der Waals surface area contributed by atoms with Crippen molar-refractivity contribution in [3.05, 3.63) is 29.3 Å². The summed E-state index contributed by atoms with van der Waals surface area (Å²) < 4.78 is 5.68. The molecule has 22 heavy (non-hydrogen) atoms. The zero-order chi connectivity index (χ0) is 15.2. The summed E-state index contributed by atoms with van der Waals surface area (Å²) in [5.74, 6) is 0.910. The van der Waals surface area contributed by atoms with E-state index < -0.39 is 0 Å². The van der Waals surface area contributed by atoms with Crippen molar-refractivity contribution < 1.29 is 9.53 Å². The van der Waals surface area contributed by atoms with Crippen molar-refractivity contribution >= 4 is 18.3 Å². The zero-order valence-electron chi connectivity index (χ0n) is 13.6. The molecule has 5 heteroatoms. The van der Waals surface area contributed by atoms with Gasteiger partial charge in [0, 0.05) is 12.1 Å². The first kappa shape index (κ1) is 18.8. The van der Waals surface area contributed by atoms with Gasteiger partial charge in [-0.2, -0.15) is 0 Å². The summed E-state index contributed by atoms with van der Waals surface area (Å²) in [4.78, 5) is 12.0. The van der Waals surface area contributed by atoms with E-state index in [1.807, 2.05) is 26.0 Å². The Kier molecular flexibility index (Phi) is 7.69. The molecule has 0 aliphatic carbocycles. The molecule has 1 aliphatic heterocycles. The number of rotatable bonds is 5. The Hall–Kier alpha value is -1.26. The van der Waals surface area contributed by atoms with Crippen molar-refractivity contribution in [2.75, 3.05) is 13.2 Å². The lowest BCUT2D eigenvalue weighted by molar-refractivity contribution is -0.122. The molecule has 0 radical (unpaired) electrons. The van der Waals surface area contributed by atoms with Gasteiger partial charge in [0.05, 0.1) is 13.0 Å². The maximum absolute atomic E-state index is 12.0. The predicted molar refractivity (Wildman–Crippen MR) is 91.9 cm³/mol. The third kappa shape index (κ3) is 5.85. The minimum Gasteiger partial charge on any atom is -0.493 e. The van der Waals surface area contributed by atoms with Gasteiger partial charge >= 0.3 is 0 Å². The fourth-order valence-electron chi connectivity index (χ4n) is 2.80. The van der Waals surface area contributed by atoms with Gasteiger partial charge < -0.3 is 15.4 Å². The third-order valence-corrected chi connectivity index (χ3v) is 3.90. The normalized spacial score (nSPS) is 20.9. The smallest absolute Gasteiger partial charge is 0.223 e. The molecule has 0 saturated carbocycles. The summed E-state index contributed by atoms with van der Waals surface area (Å²) in [6.07, 6.45) is 2.57. The number of benzene rings is 1. The van der Waals surface area contributed by atoms with Crippen molar-refractivity contribution in [1.82, 2.24) is 10.6 Å². The summed E-state index contributed by atoms with van der Waals surface area (Å²) in [6, 6.07) is 6.70. The van der Waals surface area contributed by atoms with E-state index >= 15 is 0 Å². The summed E-state index contributed by atoms with van der Waals surface area (Å²) in [7, 11) is 0. The van der Waals surface area contributed by atoms with Crippen LogP contribution in [0.1, 0.15) is 37.3 Å². The minimum atomic E-state index is 0. The highest BCUT2D eigenvalue weighted by atomic mass is 35.5. The maximum atomic E-state index is 12.0. The van der Waals surface area contributed by atoms with Gasteiger partial charge in [0.15, 0.2) is 0 Å². The van der Waals surface area contributed by atoms with E-state index in [9.17, 15) is 4.79 Å². The summed E-state index contributed by atoms with van der Waals surface area (Å²) in [5, 5.41) is 6.48. The molecule has 2 N–H and O–H groups in total. The second kappa shape index (κ2) is 9.01. The molecule has 1 saturated heterocycles. The second-order valence-electron chi connectivity index (χ2n) is 5.98. The fourth-order valence-corrected chi connectivity index (χ4v) is 2.80. The molecular weight excluding hydrogens is 300 g/mol. The second-order valence-corrected chi connectivity index (χ2v) is 5.98. The highest BCUT2D eigenvalue weighted by molar-refractivity contribution is 5.85. The van der Waals surface area contributed by atoms with Gasteiger partial charge in [0.2, 0.25) is 5.91 Å². The van der Waals surface area contributed by atoms with E-state index in [0.717, 1.165) is 25.1 Å². The van der Waals surface area contributed by atoms with Crippen LogP contribution in [0.3, 0.4) is 0 Å². The van der Waals surface area contributed by atoms with E-state index in [1.165, 1.54) is 11.1 Å². The molecule has 2 unspecified atom stereocenters. The molecular formula is C17H27ClN2O2. The van der Waals surface area contributed by atoms with Crippen molar-refractivity contribution in [3.8, 4) is 5.75 Å². The minimum absolute atomic E-state index is 0. The molecule has 124 valence electrons. The molecule has 0 spiro atoms. The van der Waals surface area contributed by atoms with Crippen molar-refractivity contribution in [3.63, 3.8) is 0 Å². The number of carbonyl (C=O) groups excluding carboxylic acids is 1. The average molecular weight is 327 g/mol. The van der Waals surface area contributed by atoms with E-state index in [-0.39, 0.29) is 24.4 Å². The van der Waals surface area contributed by atoms with Gasteiger partial charge in [-0.05, 0) is 63.4 Å². The molecule has 0 aromatic heterocycles. The van der Waals surface area contributed by atoms with Crippen molar-refractivity contribution in [2.45, 2.75) is 52.1 Å². The number of carbonyl (C=O) groups is 1. The third-order valence-electron chi connectivity index (χ3n) is 3.90. The molecule has 2 atom stereocenters. The van der Waals surface area contributed by atoms with Crippen LogP contribution >= 0.6 is 12.4 Å². The molecule has 1 fully saturated rings. The van der Waals surface area contributed by atoms with Crippen molar-refractivity contribution in [1.29, 1.82) is 0 Å². The lowest BCUT2D eigenvalue weighted by Gasteiger charge is -2.30. The van der Waals surface area contributed by atoms with E-state index in [0.29, 0.717) is 19.1 Å². The lowest BCUT2D eigenvalue weighted by atomic mass is 10.00. The average Bonchev–Trinajstić information content (AvgIpc) is 2.40. The van der Waals surface area contributed by atoms with Crippen LogP contribution < -0.4 is 15.4 Å². The van der Waals surface area contributed by atoms with Crippen LogP contribution in [0.15, 0.2) is 18.2 Å². The van der Waals surface area contributed by atoms with Crippen LogP contribution in [-0.2, 0) is 4.79 Å². The van der Waals surface area contributed by atoms with Crippen LogP contribution in [0.4, 0.5) is 0 Å². The number of hydrogen-bond donors (Lipinski definition) is 2. The number of aryl methyl sites for hydroxylation is 2. The van der Waals surface area contributed by atoms with E-state index in [2.05, 4.69) is 23.6 Å². The Morgan fingerprint density at radius 2 is 2.00 bits per heavy atom. The monoisotopic (exact) mass is 326 g/mol. The fraction of sp³-hybridized carbons (Fsp3) is 0.588. The molecule has 1 amide bonds. The predicted octanol–water partition coefficient (Wildman–Crippen LogP) is 2.75. The Balaban J connectivity index is 0.00000242. The summed E-state index contributed by atoms with van der Waals surface area (Å²) in [6.45, 7) is 7.68. The van der Waals surface area contributed by atoms with Crippen LogP contribution in [0.5, 0.6) is 5.75 Å². The summed E-state index contributed by atoms with van der Waals surface area (Å²) in [5.41, 5.74) is 2.35. The van der Waals surface area contributed by atoms with Crippen LogP contribution in [0, 0.1) is 13.8 Å². The summed E-state index contributed by atoms with van der Waals surface area (Å²) >= 11 is 0. The first-order valence-corrected chi connectivity index (χ1v) is 7.78. The van der Waals surface area contributed by atoms with Crippen molar-refractivity contribution in [2.24, 2.45) is 0 Å². The van der Waals surface area contributed by atoms with Crippen LogP contribution in [-0.4, -0.2) is 31.1 Å². The zero-order valence-corrected chi connectivity index (χ0v) is 14.5. The van der Waals surface area contributed by atoms with Gasteiger partial charge in [-0.15, -0.1) is 12.4 Å². The maximum Gasteiger partial charge on any atom is 0.223 e. The lowest BCUT2D eigenvalue weighted by Crippen LogP contribution is -2.52. The van der Waals surface area contributed by atoms with Gasteiger partial charge in [-0.3, -0.25) is 4.79 Å². The molecule has 1 heterocycles. The highest BCUT2D eigenvalue weighted by Crippen LogP contribution is 2.16. The van der Waals surface area contributed by atoms with Crippen LogP contribution in [0.2, 0.25) is 0 Å². The largest absolute Gasteiger partial charge is 0.493 e. The van der Waals surface area contributed by atoms with Gasteiger partial charge in [-0.1, -0.05) is 6.07 Å². The number of piperidine rings is 1. The van der Waals surface area contributed by atoms with Gasteiger partial charge in [0.1, 0.15) is 5.75 Å². The number of halogens is 1. The molecule has 2 rings (SSSR count). The van der Waals surface area contributed by atoms with E-state index in [4.69, 9.17) is 4.74 Å². The molecule has 4 nitrogen and oxygen atoms in total. The Bertz CT molecular complexity index is 473. The number of hydrogen-bond acceptors (Lipinski definition) is 3. The van der Waals surface area contributed by atoms with Crippen LogP contribution in [0.25, 0.3) is 0 Å². The SMILES string of the molecule is Cc1cc(C)cc(OCCC(=O)NC2CCCNC2C)c1.Cl. The molecule has 1 aromatic rings. The Morgan fingerprint density at radius 1 is 1.32 bits per heavy atom. The standard InChI is InChI=1S/C17H26N2O2.ClH/c1-12-9-13(2)11-15(10-12)21-8-6-17(20)19-16-5-4-7-18-14(16)3;/h9-11,14,16,18H,4-8H2,1-3H3,(H,19,20);1H. The first-order valence-electron chi connectivity index (χ1n) is 7.78. The quantitative estimate of drug-likeness (QED) is 0.874. The molecule has 1 aromatic carbocycles. The molecule has 0 bridgehead atoms. The Morgan fingerprint density at radius 3 is 2.64 bits per heavy atom.